The summed E-state index contributed by atoms with van der Waals surface area (Å²) in [4.78, 5) is 0. The zero-order valence-corrected chi connectivity index (χ0v) is 21.9. The van der Waals surface area contributed by atoms with Crippen LogP contribution in [-0.4, -0.2) is 44.6 Å². The summed E-state index contributed by atoms with van der Waals surface area (Å²) in [6.07, 6.45) is 6.01. The van der Waals surface area contributed by atoms with Crippen LogP contribution in [0.4, 0.5) is 0 Å². The molecule has 3 atom stereocenters. The Bertz CT molecular complexity index is 879. The van der Waals surface area contributed by atoms with Gasteiger partial charge in [-0.2, -0.15) is 0 Å². The standard InChI is InChI=1S/C29H40O4Si/c1-5-23(27(30)26-22-31-29(33-26)19-13-8-14-20-29)21-32-34(28(2,3)4,24-15-9-6-10-16-24)25-17-11-7-12-18-25/h5-7,9-12,15-18,23,26-27,30H,1,8,13-14,19-22H2,2-4H3/t23-,26+,27-/m0/s1. The van der Waals surface area contributed by atoms with Crippen LogP contribution >= 0.6 is 0 Å². The predicted molar refractivity (Wildman–Crippen MR) is 140 cm³/mol. The Morgan fingerprint density at radius 2 is 1.59 bits per heavy atom. The molecule has 0 bridgehead atoms. The lowest BCUT2D eigenvalue weighted by molar-refractivity contribution is -0.197. The molecule has 4 nitrogen and oxygen atoms in total. The van der Waals surface area contributed by atoms with E-state index >= 15 is 0 Å². The van der Waals surface area contributed by atoms with Gasteiger partial charge in [0.15, 0.2) is 5.79 Å². The molecule has 5 heteroatoms. The molecule has 2 aromatic carbocycles. The average molecular weight is 481 g/mol. The molecule has 1 saturated carbocycles. The van der Waals surface area contributed by atoms with Gasteiger partial charge in [0.05, 0.1) is 12.7 Å². The van der Waals surface area contributed by atoms with Crippen molar-refractivity contribution >= 4 is 18.7 Å². The Balaban J connectivity index is 1.58. The van der Waals surface area contributed by atoms with Gasteiger partial charge in [-0.05, 0) is 28.3 Å². The number of benzene rings is 2. The molecule has 0 radical (unpaired) electrons. The molecule has 1 saturated heterocycles. The summed E-state index contributed by atoms with van der Waals surface area (Å²) in [7, 11) is -2.68. The maximum Gasteiger partial charge on any atom is 0.261 e. The summed E-state index contributed by atoms with van der Waals surface area (Å²) in [6, 6.07) is 21.2. The van der Waals surface area contributed by atoms with Crippen molar-refractivity contribution in [1.82, 2.24) is 0 Å². The van der Waals surface area contributed by atoms with Crippen LogP contribution in [0.5, 0.6) is 0 Å². The lowest BCUT2D eigenvalue weighted by atomic mass is 9.94. The third-order valence-corrected chi connectivity index (χ3v) is 12.5. The van der Waals surface area contributed by atoms with Crippen molar-refractivity contribution in [2.24, 2.45) is 5.92 Å². The lowest BCUT2D eigenvalue weighted by Gasteiger charge is -2.44. The van der Waals surface area contributed by atoms with E-state index in [1.165, 1.54) is 16.8 Å². The van der Waals surface area contributed by atoms with Crippen molar-refractivity contribution in [1.29, 1.82) is 0 Å². The number of ether oxygens (including phenoxy) is 2. The summed E-state index contributed by atoms with van der Waals surface area (Å²) in [5, 5.41) is 13.7. The van der Waals surface area contributed by atoms with Crippen LogP contribution in [0.3, 0.4) is 0 Å². The van der Waals surface area contributed by atoms with E-state index in [9.17, 15) is 5.11 Å². The normalized spacial score (nSPS) is 22.4. The van der Waals surface area contributed by atoms with Crippen molar-refractivity contribution in [3.8, 4) is 0 Å². The van der Waals surface area contributed by atoms with Crippen LogP contribution in [0.2, 0.25) is 5.04 Å². The quantitative estimate of drug-likeness (QED) is 0.435. The molecular formula is C29H40O4Si. The van der Waals surface area contributed by atoms with Gasteiger partial charge < -0.3 is 19.0 Å². The fourth-order valence-electron chi connectivity index (χ4n) is 5.66. The van der Waals surface area contributed by atoms with Crippen LogP contribution in [0.15, 0.2) is 73.3 Å². The highest BCUT2D eigenvalue weighted by atomic mass is 28.4. The minimum absolute atomic E-state index is 0.120. The number of rotatable bonds is 8. The van der Waals surface area contributed by atoms with Crippen molar-refractivity contribution in [2.75, 3.05) is 13.2 Å². The maximum atomic E-state index is 11.3. The zero-order valence-electron chi connectivity index (χ0n) is 20.9. The molecule has 34 heavy (non-hydrogen) atoms. The fourth-order valence-corrected chi connectivity index (χ4v) is 10.3. The highest BCUT2D eigenvalue weighted by Gasteiger charge is 2.51. The second-order valence-electron chi connectivity index (χ2n) is 10.8. The third-order valence-electron chi connectivity index (χ3n) is 7.52. The van der Waals surface area contributed by atoms with Crippen molar-refractivity contribution in [2.45, 2.75) is 75.9 Å². The monoisotopic (exact) mass is 480 g/mol. The van der Waals surface area contributed by atoms with E-state index in [4.69, 9.17) is 13.9 Å². The first-order chi connectivity index (χ1) is 16.3. The molecule has 1 heterocycles. The highest BCUT2D eigenvalue weighted by Crippen LogP contribution is 2.40. The second-order valence-corrected chi connectivity index (χ2v) is 15.1. The fraction of sp³-hybridized carbons (Fsp3) is 0.517. The lowest BCUT2D eigenvalue weighted by Crippen LogP contribution is -2.67. The van der Waals surface area contributed by atoms with E-state index in [1.54, 1.807) is 0 Å². The molecule has 2 aromatic rings. The van der Waals surface area contributed by atoms with Gasteiger partial charge in [0.25, 0.3) is 8.32 Å². The zero-order chi connectivity index (χ0) is 24.2. The van der Waals surface area contributed by atoms with E-state index < -0.39 is 20.2 Å². The van der Waals surface area contributed by atoms with Crippen molar-refractivity contribution < 1.29 is 19.0 Å². The van der Waals surface area contributed by atoms with Gasteiger partial charge in [-0.25, -0.2) is 0 Å². The maximum absolute atomic E-state index is 11.3. The first kappa shape index (κ1) is 25.3. The van der Waals surface area contributed by atoms with E-state index in [-0.39, 0.29) is 17.1 Å². The topological polar surface area (TPSA) is 47.9 Å². The first-order valence-corrected chi connectivity index (χ1v) is 14.6. The summed E-state index contributed by atoms with van der Waals surface area (Å²) in [5.74, 6) is -0.761. The molecule has 1 aliphatic heterocycles. The minimum Gasteiger partial charge on any atom is -0.407 e. The smallest absolute Gasteiger partial charge is 0.261 e. The van der Waals surface area contributed by atoms with Crippen LogP contribution < -0.4 is 10.4 Å². The number of aliphatic hydroxyl groups is 1. The van der Waals surface area contributed by atoms with Gasteiger partial charge >= 0.3 is 0 Å². The van der Waals surface area contributed by atoms with Crippen LogP contribution in [-0.2, 0) is 13.9 Å². The molecule has 0 unspecified atom stereocenters. The molecule has 0 aromatic heterocycles. The number of hydrogen-bond donors (Lipinski definition) is 1. The Hall–Kier alpha value is -1.76. The largest absolute Gasteiger partial charge is 0.407 e. The van der Waals surface area contributed by atoms with Crippen LogP contribution in [0.1, 0.15) is 52.9 Å². The Labute approximate surface area is 206 Å². The minimum atomic E-state index is -2.68. The molecule has 0 amide bonds. The molecule has 1 N–H and O–H groups in total. The van der Waals surface area contributed by atoms with E-state index in [0.717, 1.165) is 25.7 Å². The van der Waals surface area contributed by atoms with E-state index in [1.807, 2.05) is 18.2 Å². The first-order valence-electron chi connectivity index (χ1n) is 12.7. The van der Waals surface area contributed by atoms with Gasteiger partial charge in [-0.3, -0.25) is 0 Å². The summed E-state index contributed by atoms with van der Waals surface area (Å²) in [5.41, 5.74) is 0. The molecule has 4 rings (SSSR count). The Morgan fingerprint density at radius 3 is 2.09 bits per heavy atom. The van der Waals surface area contributed by atoms with Crippen molar-refractivity contribution in [3.05, 3.63) is 73.3 Å². The highest BCUT2D eigenvalue weighted by molar-refractivity contribution is 6.99. The Morgan fingerprint density at radius 1 is 1.03 bits per heavy atom. The number of aliphatic hydroxyl groups excluding tert-OH is 1. The molecule has 1 spiro atoms. The van der Waals surface area contributed by atoms with Gasteiger partial charge in [0.2, 0.25) is 0 Å². The van der Waals surface area contributed by atoms with Crippen LogP contribution in [0, 0.1) is 5.92 Å². The van der Waals surface area contributed by atoms with Gasteiger partial charge in [0, 0.05) is 25.4 Å². The van der Waals surface area contributed by atoms with Gasteiger partial charge in [-0.1, -0.05) is 93.9 Å². The summed E-state index contributed by atoms with van der Waals surface area (Å²) in [6.45, 7) is 11.6. The molecular weight excluding hydrogens is 440 g/mol. The Kier molecular flexibility index (Phi) is 7.80. The van der Waals surface area contributed by atoms with E-state index in [0.29, 0.717) is 13.2 Å². The summed E-state index contributed by atoms with van der Waals surface area (Å²) < 4.78 is 19.5. The second kappa shape index (κ2) is 10.5. The predicted octanol–water partition coefficient (Wildman–Crippen LogP) is 4.80. The molecule has 2 fully saturated rings. The molecule has 2 aliphatic rings. The molecule has 184 valence electrons. The molecule has 1 aliphatic carbocycles. The SMILES string of the molecule is C=C[C@@H](CO[Si](c1ccccc1)(c1ccccc1)C(C)(C)C)[C@H](O)[C@H]1COC2(CCCCC2)O1. The summed E-state index contributed by atoms with van der Waals surface area (Å²) >= 11 is 0. The average Bonchev–Trinajstić information content (AvgIpc) is 3.25. The van der Waals surface area contributed by atoms with Crippen LogP contribution in [0.25, 0.3) is 0 Å². The third kappa shape index (κ3) is 4.95. The van der Waals surface area contributed by atoms with Gasteiger partial charge in [0.1, 0.15) is 6.10 Å². The number of hydrogen-bond acceptors (Lipinski definition) is 4. The van der Waals surface area contributed by atoms with Gasteiger partial charge in [-0.15, -0.1) is 6.58 Å². The van der Waals surface area contributed by atoms with Crippen molar-refractivity contribution in [3.63, 3.8) is 0 Å². The van der Waals surface area contributed by atoms with E-state index in [2.05, 4.69) is 75.9 Å².